The van der Waals surface area contributed by atoms with Crippen LogP contribution >= 0.6 is 0 Å². The summed E-state index contributed by atoms with van der Waals surface area (Å²) in [5.41, 5.74) is -0.444. The predicted octanol–water partition coefficient (Wildman–Crippen LogP) is 2.84. The molecule has 1 aliphatic heterocycles. The molecule has 92 valence electrons. The van der Waals surface area contributed by atoms with Gasteiger partial charge in [-0.05, 0) is 40.4 Å². The number of hydrogen-bond acceptors (Lipinski definition) is 3. The van der Waals surface area contributed by atoms with Gasteiger partial charge >= 0.3 is 7.12 Å². The molecule has 0 amide bonds. The van der Waals surface area contributed by atoms with Gasteiger partial charge in [-0.2, -0.15) is 0 Å². The summed E-state index contributed by atoms with van der Waals surface area (Å²) in [6.07, 6.45) is 5.68. The number of aldehydes is 1. The van der Waals surface area contributed by atoms with E-state index in [1.807, 2.05) is 0 Å². The maximum atomic E-state index is 10.1. The van der Waals surface area contributed by atoms with Crippen molar-refractivity contribution in [3.05, 3.63) is 0 Å². The molecule has 1 rings (SSSR count). The van der Waals surface area contributed by atoms with Crippen molar-refractivity contribution in [1.82, 2.24) is 0 Å². The lowest BCUT2D eigenvalue weighted by molar-refractivity contribution is -0.107. The van der Waals surface area contributed by atoms with E-state index in [1.54, 1.807) is 0 Å². The maximum Gasteiger partial charge on any atom is 0.457 e. The van der Waals surface area contributed by atoms with Gasteiger partial charge in [-0.3, -0.25) is 0 Å². The summed E-state index contributed by atoms with van der Waals surface area (Å²) >= 11 is 0. The number of carbonyl (C=O) groups excluding carboxylic acids is 1. The number of unbranched alkanes of at least 4 members (excludes halogenated alkanes) is 3. The monoisotopic (exact) mass is 226 g/mol. The van der Waals surface area contributed by atoms with Crippen LogP contribution in [0.3, 0.4) is 0 Å². The highest BCUT2D eigenvalue weighted by Crippen LogP contribution is 2.38. The zero-order valence-electron chi connectivity index (χ0n) is 10.9. The van der Waals surface area contributed by atoms with Crippen molar-refractivity contribution in [1.29, 1.82) is 0 Å². The van der Waals surface area contributed by atoms with Crippen LogP contribution in [0.5, 0.6) is 0 Å². The van der Waals surface area contributed by atoms with Crippen LogP contribution in [0.2, 0.25) is 6.32 Å². The third kappa shape index (κ3) is 3.32. The molecule has 0 radical (unpaired) electrons. The highest BCUT2D eigenvalue weighted by atomic mass is 16.7. The molecular formula is C12H23BO3. The van der Waals surface area contributed by atoms with Gasteiger partial charge < -0.3 is 14.1 Å². The molecule has 0 aliphatic carbocycles. The molecule has 0 aromatic rings. The van der Waals surface area contributed by atoms with Crippen molar-refractivity contribution in [3.8, 4) is 0 Å². The van der Waals surface area contributed by atoms with Crippen LogP contribution in [-0.4, -0.2) is 24.6 Å². The van der Waals surface area contributed by atoms with Gasteiger partial charge in [-0.15, -0.1) is 0 Å². The molecule has 1 heterocycles. The third-order valence-electron chi connectivity index (χ3n) is 3.56. The van der Waals surface area contributed by atoms with Crippen LogP contribution in [0.4, 0.5) is 0 Å². The van der Waals surface area contributed by atoms with Crippen molar-refractivity contribution in [2.45, 2.75) is 70.9 Å². The fourth-order valence-corrected chi connectivity index (χ4v) is 1.80. The Morgan fingerprint density at radius 2 is 1.56 bits per heavy atom. The molecular weight excluding hydrogens is 203 g/mol. The summed E-state index contributed by atoms with van der Waals surface area (Å²) in [5.74, 6) is 0. The minimum Gasteiger partial charge on any atom is -0.403 e. The SMILES string of the molecule is CC1(C)OB(CCCCCC=O)OC1(C)C. The molecule has 0 aromatic carbocycles. The first-order valence-electron chi connectivity index (χ1n) is 6.18. The topological polar surface area (TPSA) is 35.5 Å². The molecule has 0 N–H and O–H groups in total. The lowest BCUT2D eigenvalue weighted by Gasteiger charge is -2.32. The Hall–Kier alpha value is -0.345. The van der Waals surface area contributed by atoms with E-state index in [-0.39, 0.29) is 18.3 Å². The summed E-state index contributed by atoms with van der Waals surface area (Å²) in [6, 6.07) is 0. The van der Waals surface area contributed by atoms with Gasteiger partial charge in [0.15, 0.2) is 0 Å². The van der Waals surface area contributed by atoms with Crippen molar-refractivity contribution in [2.24, 2.45) is 0 Å². The normalized spacial score (nSPS) is 22.4. The lowest BCUT2D eigenvalue weighted by atomic mass is 9.82. The molecule has 1 aliphatic rings. The fraction of sp³-hybridized carbons (Fsp3) is 0.917. The number of carbonyl (C=O) groups is 1. The summed E-state index contributed by atoms with van der Waals surface area (Å²) in [5, 5.41) is 0. The quantitative estimate of drug-likeness (QED) is 0.397. The van der Waals surface area contributed by atoms with E-state index in [2.05, 4.69) is 27.7 Å². The first-order chi connectivity index (χ1) is 7.39. The van der Waals surface area contributed by atoms with Crippen molar-refractivity contribution in [2.75, 3.05) is 0 Å². The smallest absolute Gasteiger partial charge is 0.403 e. The zero-order valence-corrected chi connectivity index (χ0v) is 10.9. The van der Waals surface area contributed by atoms with E-state index < -0.39 is 0 Å². The molecule has 0 spiro atoms. The van der Waals surface area contributed by atoms with E-state index >= 15 is 0 Å². The van der Waals surface area contributed by atoms with E-state index in [0.717, 1.165) is 31.9 Å². The summed E-state index contributed by atoms with van der Waals surface area (Å²) in [7, 11) is -0.0822. The summed E-state index contributed by atoms with van der Waals surface area (Å²) in [6.45, 7) is 8.28. The van der Waals surface area contributed by atoms with Crippen molar-refractivity contribution >= 4 is 13.4 Å². The number of rotatable bonds is 6. The van der Waals surface area contributed by atoms with Gasteiger partial charge in [0.1, 0.15) is 6.29 Å². The first kappa shape index (κ1) is 13.7. The Morgan fingerprint density at radius 3 is 2.06 bits per heavy atom. The van der Waals surface area contributed by atoms with Crippen LogP contribution in [0, 0.1) is 0 Å². The van der Waals surface area contributed by atoms with Crippen LogP contribution in [-0.2, 0) is 14.1 Å². The molecule has 1 saturated heterocycles. The molecule has 0 atom stereocenters. The summed E-state index contributed by atoms with van der Waals surface area (Å²) in [4.78, 5) is 10.1. The molecule has 0 saturated carbocycles. The molecule has 1 fully saturated rings. The van der Waals surface area contributed by atoms with Gasteiger partial charge in [0.25, 0.3) is 0 Å². The minimum atomic E-state index is -0.222. The zero-order chi connectivity index (χ0) is 12.2. The Bertz CT molecular complexity index is 222. The van der Waals surface area contributed by atoms with Gasteiger partial charge in [-0.25, -0.2) is 0 Å². The van der Waals surface area contributed by atoms with Crippen molar-refractivity contribution in [3.63, 3.8) is 0 Å². The van der Waals surface area contributed by atoms with E-state index in [0.29, 0.717) is 6.42 Å². The van der Waals surface area contributed by atoms with Gasteiger partial charge in [0.2, 0.25) is 0 Å². The van der Waals surface area contributed by atoms with Crippen LogP contribution < -0.4 is 0 Å². The average molecular weight is 226 g/mol. The molecule has 16 heavy (non-hydrogen) atoms. The van der Waals surface area contributed by atoms with Gasteiger partial charge in [-0.1, -0.05) is 12.8 Å². The van der Waals surface area contributed by atoms with Gasteiger partial charge in [0.05, 0.1) is 11.2 Å². The molecule has 4 heteroatoms. The molecule has 3 nitrogen and oxygen atoms in total. The first-order valence-corrected chi connectivity index (χ1v) is 6.18. The van der Waals surface area contributed by atoms with Crippen molar-refractivity contribution < 1.29 is 14.1 Å². The highest BCUT2D eigenvalue weighted by Gasteiger charge is 2.50. The predicted molar refractivity (Wildman–Crippen MR) is 65.4 cm³/mol. The number of hydrogen-bond donors (Lipinski definition) is 0. The largest absolute Gasteiger partial charge is 0.457 e. The highest BCUT2D eigenvalue weighted by molar-refractivity contribution is 6.45. The van der Waals surface area contributed by atoms with Crippen LogP contribution in [0.15, 0.2) is 0 Å². The minimum absolute atomic E-state index is 0.0822. The van der Waals surface area contributed by atoms with Gasteiger partial charge in [0, 0.05) is 6.42 Å². The maximum absolute atomic E-state index is 10.1. The van der Waals surface area contributed by atoms with E-state index in [4.69, 9.17) is 9.31 Å². The standard InChI is InChI=1S/C12H23BO3/c1-11(2)12(3,4)16-13(15-11)9-7-5-6-8-10-14/h10H,5-9H2,1-4H3. The van der Waals surface area contributed by atoms with E-state index in [1.165, 1.54) is 0 Å². The molecule has 0 bridgehead atoms. The van der Waals surface area contributed by atoms with E-state index in [9.17, 15) is 4.79 Å². The molecule has 0 aromatic heterocycles. The lowest BCUT2D eigenvalue weighted by Crippen LogP contribution is -2.41. The second-order valence-corrected chi connectivity index (χ2v) is 5.49. The Labute approximate surface area is 99.0 Å². The van der Waals surface area contributed by atoms with Crippen LogP contribution in [0.25, 0.3) is 0 Å². The molecule has 0 unspecified atom stereocenters. The summed E-state index contributed by atoms with van der Waals surface area (Å²) < 4.78 is 11.8. The fourth-order valence-electron chi connectivity index (χ4n) is 1.80. The third-order valence-corrected chi connectivity index (χ3v) is 3.56. The second kappa shape index (κ2) is 5.32. The second-order valence-electron chi connectivity index (χ2n) is 5.49. The Balaban J connectivity index is 2.24. The average Bonchev–Trinajstić information content (AvgIpc) is 2.35. The Kier molecular flexibility index (Phi) is 4.56. The van der Waals surface area contributed by atoms with Crippen LogP contribution in [0.1, 0.15) is 53.4 Å². The Morgan fingerprint density at radius 1 is 1.00 bits per heavy atom.